The van der Waals surface area contributed by atoms with E-state index in [-0.39, 0.29) is 17.8 Å². The molecular formula is C16H20NO5P. The molecule has 0 atom stereocenters. The van der Waals surface area contributed by atoms with Gasteiger partial charge in [-0.25, -0.2) is 0 Å². The fraction of sp³-hybridized carbons (Fsp3) is 0.312. The third-order valence-electron chi connectivity index (χ3n) is 2.98. The van der Waals surface area contributed by atoms with Crippen LogP contribution in [0.3, 0.4) is 0 Å². The highest BCUT2D eigenvalue weighted by atomic mass is 31.2. The zero-order valence-corrected chi connectivity index (χ0v) is 14.0. The molecule has 0 radical (unpaired) electrons. The maximum atomic E-state index is 12.5. The minimum Gasteiger partial charge on any atom is -0.459 e. The second-order valence-corrected chi connectivity index (χ2v) is 6.79. The Morgan fingerprint density at radius 2 is 1.78 bits per heavy atom. The van der Waals surface area contributed by atoms with E-state index in [4.69, 9.17) is 13.5 Å². The largest absolute Gasteiger partial charge is 0.459 e. The maximum absolute atomic E-state index is 12.5. The zero-order chi connectivity index (χ0) is 16.7. The Morgan fingerprint density at radius 3 is 2.30 bits per heavy atom. The van der Waals surface area contributed by atoms with E-state index in [2.05, 4.69) is 5.32 Å². The van der Waals surface area contributed by atoms with E-state index in [0.29, 0.717) is 18.9 Å². The van der Waals surface area contributed by atoms with E-state index in [1.165, 1.54) is 6.26 Å². The van der Waals surface area contributed by atoms with Gasteiger partial charge in [-0.2, -0.15) is 0 Å². The van der Waals surface area contributed by atoms with Gasteiger partial charge in [-0.05, 0) is 43.7 Å². The van der Waals surface area contributed by atoms with Gasteiger partial charge in [0, 0.05) is 5.69 Å². The summed E-state index contributed by atoms with van der Waals surface area (Å²) in [5, 5.41) is 2.72. The van der Waals surface area contributed by atoms with Gasteiger partial charge in [0.05, 0.1) is 25.6 Å². The molecule has 124 valence electrons. The van der Waals surface area contributed by atoms with E-state index < -0.39 is 7.60 Å². The van der Waals surface area contributed by atoms with Crippen molar-refractivity contribution in [3.8, 4) is 0 Å². The molecule has 0 bridgehead atoms. The average Bonchev–Trinajstić information content (AvgIpc) is 3.04. The van der Waals surface area contributed by atoms with Crippen LogP contribution in [0.5, 0.6) is 0 Å². The van der Waals surface area contributed by atoms with Gasteiger partial charge in [0.15, 0.2) is 5.76 Å². The summed E-state index contributed by atoms with van der Waals surface area (Å²) in [4.78, 5) is 11.9. The highest BCUT2D eigenvalue weighted by molar-refractivity contribution is 7.53. The lowest BCUT2D eigenvalue weighted by molar-refractivity contribution is 0.0996. The lowest BCUT2D eigenvalue weighted by Crippen LogP contribution is -2.10. The van der Waals surface area contributed by atoms with Crippen molar-refractivity contribution >= 4 is 19.2 Å². The third kappa shape index (κ3) is 5.06. The van der Waals surface area contributed by atoms with Crippen LogP contribution in [0.1, 0.15) is 30.0 Å². The summed E-state index contributed by atoms with van der Waals surface area (Å²) < 4.78 is 28.0. The van der Waals surface area contributed by atoms with E-state index in [9.17, 15) is 9.36 Å². The Morgan fingerprint density at radius 1 is 1.13 bits per heavy atom. The minimum absolute atomic E-state index is 0.196. The normalized spacial score (nSPS) is 11.4. The Hall–Kier alpha value is -1.88. The number of furan rings is 1. The van der Waals surface area contributed by atoms with Crippen LogP contribution >= 0.6 is 7.60 Å². The van der Waals surface area contributed by atoms with Gasteiger partial charge in [-0.3, -0.25) is 9.36 Å². The first-order chi connectivity index (χ1) is 11.1. The molecule has 0 aliphatic carbocycles. The highest BCUT2D eigenvalue weighted by Crippen LogP contribution is 2.51. The zero-order valence-electron chi connectivity index (χ0n) is 13.2. The van der Waals surface area contributed by atoms with Crippen molar-refractivity contribution in [3.63, 3.8) is 0 Å². The number of benzene rings is 1. The molecule has 2 aromatic rings. The summed E-state index contributed by atoms with van der Waals surface area (Å²) >= 11 is 0. The van der Waals surface area contributed by atoms with Crippen molar-refractivity contribution in [1.82, 2.24) is 0 Å². The molecule has 0 unspecified atom stereocenters. The fourth-order valence-corrected chi connectivity index (χ4v) is 3.74. The van der Waals surface area contributed by atoms with Crippen LogP contribution in [0, 0.1) is 0 Å². The molecular weight excluding hydrogens is 317 g/mol. The number of anilines is 1. The summed E-state index contributed by atoms with van der Waals surface area (Å²) in [6.45, 7) is 4.21. The van der Waals surface area contributed by atoms with Gasteiger partial charge >= 0.3 is 7.60 Å². The van der Waals surface area contributed by atoms with Crippen LogP contribution < -0.4 is 5.32 Å². The summed E-state index contributed by atoms with van der Waals surface area (Å²) in [6.07, 6.45) is 1.64. The predicted octanol–water partition coefficient (Wildman–Crippen LogP) is 4.30. The van der Waals surface area contributed by atoms with Crippen LogP contribution in [-0.2, 0) is 19.8 Å². The third-order valence-corrected chi connectivity index (χ3v) is 5.04. The Kier molecular flexibility index (Phi) is 6.16. The topological polar surface area (TPSA) is 77.8 Å². The summed E-state index contributed by atoms with van der Waals surface area (Å²) in [5.41, 5.74) is 1.43. The number of hydrogen-bond donors (Lipinski definition) is 1. The molecule has 0 aliphatic rings. The van der Waals surface area contributed by atoms with Crippen LogP contribution in [0.4, 0.5) is 5.69 Å². The first-order valence-corrected chi connectivity index (χ1v) is 9.11. The molecule has 1 heterocycles. The fourth-order valence-electron chi connectivity index (χ4n) is 2.04. The Bertz CT molecular complexity index is 656. The number of amides is 1. The van der Waals surface area contributed by atoms with Gasteiger partial charge in [0.2, 0.25) is 0 Å². The summed E-state index contributed by atoms with van der Waals surface area (Å²) in [5.74, 6) is -0.0803. The quantitative estimate of drug-likeness (QED) is 0.727. The van der Waals surface area contributed by atoms with Gasteiger partial charge in [0.25, 0.3) is 5.91 Å². The minimum atomic E-state index is -3.13. The summed E-state index contributed by atoms with van der Waals surface area (Å²) in [7, 11) is -3.13. The van der Waals surface area contributed by atoms with Gasteiger partial charge in [0.1, 0.15) is 0 Å². The van der Waals surface area contributed by atoms with Crippen LogP contribution in [0.2, 0.25) is 0 Å². The smallest absolute Gasteiger partial charge is 0.335 e. The second-order valence-electron chi connectivity index (χ2n) is 4.73. The molecule has 1 aromatic carbocycles. The van der Waals surface area contributed by atoms with Crippen molar-refractivity contribution in [3.05, 3.63) is 54.0 Å². The van der Waals surface area contributed by atoms with Gasteiger partial charge < -0.3 is 18.8 Å². The predicted molar refractivity (Wildman–Crippen MR) is 87.7 cm³/mol. The first kappa shape index (κ1) is 17.5. The molecule has 0 spiro atoms. The number of hydrogen-bond acceptors (Lipinski definition) is 5. The lowest BCUT2D eigenvalue weighted by Gasteiger charge is -2.17. The van der Waals surface area contributed by atoms with Crippen LogP contribution in [0.15, 0.2) is 47.1 Å². The van der Waals surface area contributed by atoms with E-state index in [1.54, 1.807) is 50.2 Å². The molecule has 1 aromatic heterocycles. The molecule has 7 heteroatoms. The van der Waals surface area contributed by atoms with Crippen molar-refractivity contribution < 1.29 is 22.8 Å². The molecule has 0 aliphatic heterocycles. The second kappa shape index (κ2) is 8.11. The Labute approximate surface area is 135 Å². The maximum Gasteiger partial charge on any atom is 0.335 e. The number of carbonyl (C=O) groups excluding carboxylic acids is 1. The van der Waals surface area contributed by atoms with Crippen LogP contribution in [0.25, 0.3) is 0 Å². The molecule has 6 nitrogen and oxygen atoms in total. The van der Waals surface area contributed by atoms with E-state index >= 15 is 0 Å². The highest BCUT2D eigenvalue weighted by Gasteiger charge is 2.23. The van der Waals surface area contributed by atoms with Crippen molar-refractivity contribution in [2.24, 2.45) is 0 Å². The van der Waals surface area contributed by atoms with E-state index in [1.807, 2.05) is 0 Å². The molecule has 0 fully saturated rings. The monoisotopic (exact) mass is 337 g/mol. The Balaban J connectivity index is 2.01. The molecule has 1 amide bonds. The van der Waals surface area contributed by atoms with Crippen LogP contribution in [-0.4, -0.2) is 19.1 Å². The number of rotatable bonds is 8. The molecule has 1 N–H and O–H groups in total. The molecule has 23 heavy (non-hydrogen) atoms. The van der Waals surface area contributed by atoms with Crippen molar-refractivity contribution in [2.75, 3.05) is 18.5 Å². The molecule has 2 rings (SSSR count). The lowest BCUT2D eigenvalue weighted by atomic mass is 10.2. The SMILES string of the molecule is CCOP(=O)(Cc1ccc(NC(=O)c2ccco2)cc1)OCC. The van der Waals surface area contributed by atoms with Crippen molar-refractivity contribution in [2.45, 2.75) is 20.0 Å². The van der Waals surface area contributed by atoms with Gasteiger partial charge in [-0.15, -0.1) is 0 Å². The van der Waals surface area contributed by atoms with E-state index in [0.717, 1.165) is 5.56 Å². The van der Waals surface area contributed by atoms with Gasteiger partial charge in [-0.1, -0.05) is 12.1 Å². The standard InChI is InChI=1S/C16H20NO5P/c1-3-21-23(19,22-4-2)12-13-7-9-14(10-8-13)17-16(18)15-6-5-11-20-15/h5-11H,3-4,12H2,1-2H3,(H,17,18). The number of carbonyl (C=O) groups is 1. The van der Waals surface area contributed by atoms with Crippen molar-refractivity contribution in [1.29, 1.82) is 0 Å². The number of nitrogens with one attached hydrogen (secondary N) is 1. The summed E-state index contributed by atoms with van der Waals surface area (Å²) in [6, 6.07) is 10.3. The average molecular weight is 337 g/mol. The first-order valence-electron chi connectivity index (χ1n) is 7.38. The molecule has 0 saturated heterocycles. The molecule has 0 saturated carbocycles.